The van der Waals surface area contributed by atoms with Gasteiger partial charge in [0.1, 0.15) is 0 Å². The molecule has 0 radical (unpaired) electrons. The second-order valence-electron chi connectivity index (χ2n) is 17.3. The van der Waals surface area contributed by atoms with Gasteiger partial charge in [0.15, 0.2) is 0 Å². The molecule has 10 rings (SSSR count). The Bertz CT molecular complexity index is 3680. The number of pyridine rings is 3. The molecular formula is C65H49N5. The van der Waals surface area contributed by atoms with Gasteiger partial charge < -0.3 is 0 Å². The smallest absolute Gasteiger partial charge is 0.0998 e. The number of hydrogen-bond donors (Lipinski definition) is 0. The summed E-state index contributed by atoms with van der Waals surface area (Å²) >= 11 is 0. The summed E-state index contributed by atoms with van der Waals surface area (Å²) in [6.07, 6.45) is 8.03. The van der Waals surface area contributed by atoms with Crippen LogP contribution in [0, 0.1) is 36.4 Å². The van der Waals surface area contributed by atoms with Gasteiger partial charge in [-0.05, 0) is 172 Å². The lowest BCUT2D eigenvalue weighted by Crippen LogP contribution is -1.98. The zero-order chi connectivity index (χ0) is 52.8. The average molecular weight is 906 g/mol. The molecule has 0 aliphatic carbocycles. The molecule has 0 unspecified atom stereocenters. The van der Waals surface area contributed by atoms with Crippen LogP contribution in [0.4, 0.5) is 0 Å². The number of rotatable bonds is 13. The molecule has 334 valence electrons. The number of nitrogens with zero attached hydrogens (tertiary/aromatic N) is 5. The highest BCUT2D eigenvalue weighted by molar-refractivity contribution is 5.94. The molecular weight excluding hydrogens is 851 g/mol. The maximum absolute atomic E-state index is 10.6. The topological polar surface area (TPSA) is 86.2 Å². The first kappa shape index (κ1) is 38.0. The third-order valence-corrected chi connectivity index (χ3v) is 12.8. The molecule has 10 aromatic rings. The Morgan fingerprint density at radius 1 is 0.371 bits per heavy atom. The first-order valence-corrected chi connectivity index (χ1v) is 23.2. The molecule has 0 spiro atoms. The van der Waals surface area contributed by atoms with E-state index in [0.717, 1.165) is 93.3 Å². The maximum atomic E-state index is 10.6. The minimum absolute atomic E-state index is 0.286. The molecule has 7 aromatic carbocycles. The number of aryl methyl sites for hydroxylation is 6. The molecule has 5 nitrogen and oxygen atoms in total. The Hall–Kier alpha value is -9.03. The summed E-state index contributed by atoms with van der Waals surface area (Å²) in [5.74, 6) is 0. The molecule has 0 saturated carbocycles. The summed E-state index contributed by atoms with van der Waals surface area (Å²) in [6, 6.07) is 68.8. The van der Waals surface area contributed by atoms with Crippen LogP contribution >= 0.6 is 0 Å². The van der Waals surface area contributed by atoms with Crippen LogP contribution < -0.4 is 0 Å². The van der Waals surface area contributed by atoms with E-state index in [4.69, 9.17) is 8.22 Å². The van der Waals surface area contributed by atoms with E-state index in [0.29, 0.717) is 27.9 Å². The van der Waals surface area contributed by atoms with E-state index in [1.807, 2.05) is 109 Å². The van der Waals surface area contributed by atoms with Crippen molar-refractivity contribution in [1.29, 1.82) is 10.5 Å². The van der Waals surface area contributed by atoms with E-state index in [1.165, 1.54) is 28.3 Å². The van der Waals surface area contributed by atoms with Crippen molar-refractivity contribution < 1.29 is 8.22 Å². The Morgan fingerprint density at radius 3 is 1.50 bits per heavy atom. The number of hydrogen-bond acceptors (Lipinski definition) is 5. The summed E-state index contributed by atoms with van der Waals surface area (Å²) in [4.78, 5) is 13.6. The van der Waals surface area contributed by atoms with Crippen molar-refractivity contribution in [3.05, 3.63) is 257 Å². The van der Waals surface area contributed by atoms with Gasteiger partial charge >= 0.3 is 0 Å². The first-order valence-electron chi connectivity index (χ1n) is 26.2. The third kappa shape index (κ3) is 9.97. The van der Waals surface area contributed by atoms with Crippen LogP contribution in [0.3, 0.4) is 0 Å². The Labute approximate surface area is 419 Å². The zero-order valence-electron chi connectivity index (χ0n) is 44.3. The Balaban J connectivity index is 1.07. The van der Waals surface area contributed by atoms with Gasteiger partial charge in [0.25, 0.3) is 0 Å². The lowest BCUT2D eigenvalue weighted by Gasteiger charge is -2.18. The maximum Gasteiger partial charge on any atom is 0.0998 e. The van der Waals surface area contributed by atoms with E-state index in [-0.39, 0.29) is 11.1 Å². The molecule has 5 heteroatoms. The predicted octanol–water partition coefficient (Wildman–Crippen LogP) is 15.5. The molecule has 3 aromatic heterocycles. The number of nitriles is 2. The van der Waals surface area contributed by atoms with E-state index in [2.05, 4.69) is 106 Å². The summed E-state index contributed by atoms with van der Waals surface area (Å²) in [5, 5.41) is 20.1. The minimum Gasteiger partial charge on any atom is -0.256 e. The molecule has 0 saturated heterocycles. The molecule has 0 aliphatic rings. The van der Waals surface area contributed by atoms with Crippen molar-refractivity contribution in [1.82, 2.24) is 15.0 Å². The van der Waals surface area contributed by atoms with Gasteiger partial charge in [-0.3, -0.25) is 15.0 Å². The minimum atomic E-state index is -2.71. The van der Waals surface area contributed by atoms with Gasteiger partial charge in [-0.15, -0.1) is 0 Å². The normalized spacial score (nSPS) is 12.5. The van der Waals surface area contributed by atoms with Gasteiger partial charge in [0, 0.05) is 43.5 Å². The van der Waals surface area contributed by atoms with Crippen molar-refractivity contribution in [2.24, 2.45) is 0 Å². The Kier molecular flexibility index (Phi) is 11.1. The Morgan fingerprint density at radius 2 is 0.914 bits per heavy atom. The van der Waals surface area contributed by atoms with Crippen molar-refractivity contribution in [3.8, 4) is 90.4 Å². The lowest BCUT2D eigenvalue weighted by atomic mass is 9.85. The number of aromatic nitrogens is 3. The fraction of sp³-hybridized carbons (Fsp3) is 0.0923. The second-order valence-corrected chi connectivity index (χ2v) is 17.3. The average Bonchev–Trinajstić information content (AvgIpc) is 3.47. The molecule has 0 aliphatic heterocycles. The van der Waals surface area contributed by atoms with Crippen LogP contribution in [0.25, 0.3) is 78.3 Å². The van der Waals surface area contributed by atoms with E-state index >= 15 is 0 Å². The number of benzene rings is 7. The van der Waals surface area contributed by atoms with Crippen LogP contribution in [-0.4, -0.2) is 15.0 Å². The molecule has 0 N–H and O–H groups in total. The highest BCUT2D eigenvalue weighted by Gasteiger charge is 2.18. The molecule has 3 heterocycles. The van der Waals surface area contributed by atoms with Crippen LogP contribution in [0.15, 0.2) is 213 Å². The first-order chi connectivity index (χ1) is 36.8. The van der Waals surface area contributed by atoms with Gasteiger partial charge in [-0.1, -0.05) is 140 Å². The van der Waals surface area contributed by atoms with Crippen LogP contribution in [-0.2, 0) is 25.7 Å². The van der Waals surface area contributed by atoms with Crippen LogP contribution in [0.2, 0.25) is 0 Å². The van der Waals surface area contributed by atoms with Crippen molar-refractivity contribution in [2.45, 2.75) is 39.4 Å². The largest absolute Gasteiger partial charge is 0.256 e. The van der Waals surface area contributed by atoms with Gasteiger partial charge in [-0.2, -0.15) is 10.5 Å². The van der Waals surface area contributed by atoms with Crippen LogP contribution in [0.1, 0.15) is 52.7 Å². The summed E-state index contributed by atoms with van der Waals surface area (Å²) < 4.78 is 49.1. The molecule has 0 amide bonds. The highest BCUT2D eigenvalue weighted by atomic mass is 14.7. The zero-order valence-corrected chi connectivity index (χ0v) is 38.3. The van der Waals surface area contributed by atoms with Gasteiger partial charge in [-0.25, -0.2) is 0 Å². The van der Waals surface area contributed by atoms with Crippen molar-refractivity contribution >= 4 is 0 Å². The molecule has 0 fully saturated rings. The van der Waals surface area contributed by atoms with Crippen molar-refractivity contribution in [2.75, 3.05) is 0 Å². The van der Waals surface area contributed by atoms with E-state index in [1.54, 1.807) is 12.1 Å². The van der Waals surface area contributed by atoms with Gasteiger partial charge in [0.2, 0.25) is 0 Å². The molecule has 70 heavy (non-hydrogen) atoms. The SMILES string of the molecule is [2H]C([2H])([2H])c1cnc(-c2ccc(-c3ccccc3-c3cc(CCc4ccc(-c5ccccn5)cc4)cc(CCc4ccc(-c5ccccn5)cc4)c3)c(-c3ccc(-c4ccc(C#N)cc4)c(C#N)c3)c2)cc1C([2H])([2H])[2H]. The van der Waals surface area contributed by atoms with E-state index < -0.39 is 13.7 Å². The standard InChI is InChI=1S/C65H49N5/c1-44-35-65(70-43-45(44)2)55-30-32-61(62(40-55)54-29-31-58(57(39-54)42-67)51-23-21-48(41-66)22-24-51)60-10-4-3-9-59(60)56-37-49(15-13-46-17-25-52(26-18-46)63-11-5-7-33-68-63)36-50(38-56)16-14-47-19-27-53(28-20-47)64-12-6-8-34-69-64/h3-12,17-40,43H,13-16H2,1-2H3/i1D3,2D3. The molecule has 0 bridgehead atoms. The monoisotopic (exact) mass is 905 g/mol. The third-order valence-electron chi connectivity index (χ3n) is 12.8. The summed E-state index contributed by atoms with van der Waals surface area (Å²) in [7, 11) is 0. The van der Waals surface area contributed by atoms with Gasteiger partial charge in [0.05, 0.1) is 40.3 Å². The highest BCUT2D eigenvalue weighted by Crippen LogP contribution is 2.42. The summed E-state index contributed by atoms with van der Waals surface area (Å²) in [6.45, 7) is -5.40. The fourth-order valence-corrected chi connectivity index (χ4v) is 9.08. The van der Waals surface area contributed by atoms with E-state index in [9.17, 15) is 10.5 Å². The van der Waals surface area contributed by atoms with Crippen molar-refractivity contribution in [3.63, 3.8) is 0 Å². The fourth-order valence-electron chi connectivity index (χ4n) is 9.08. The lowest BCUT2D eigenvalue weighted by molar-refractivity contribution is 0.931. The van der Waals surface area contributed by atoms with Crippen LogP contribution in [0.5, 0.6) is 0 Å². The predicted molar refractivity (Wildman–Crippen MR) is 284 cm³/mol. The summed E-state index contributed by atoms with van der Waals surface area (Å²) in [5.41, 5.74) is 16.9. The quantitative estimate of drug-likeness (QED) is 0.115. The molecule has 0 atom stereocenters. The second kappa shape index (κ2) is 20.5.